The Morgan fingerprint density at radius 2 is 1.88 bits per heavy atom. The van der Waals surface area contributed by atoms with E-state index in [-0.39, 0.29) is 24.0 Å². The van der Waals surface area contributed by atoms with Gasteiger partial charge in [-0.15, -0.1) is 0 Å². The number of nitrogens with zero attached hydrogens (tertiary/aromatic N) is 3. The van der Waals surface area contributed by atoms with Crippen LogP contribution in [-0.4, -0.2) is 64.6 Å². The third-order valence-electron chi connectivity index (χ3n) is 4.37. The van der Waals surface area contributed by atoms with Crippen LogP contribution in [0.4, 0.5) is 14.0 Å². The minimum absolute atomic E-state index is 0.0295. The van der Waals surface area contributed by atoms with Crippen LogP contribution in [0.3, 0.4) is 0 Å². The Morgan fingerprint density at radius 3 is 2.52 bits per heavy atom. The summed E-state index contributed by atoms with van der Waals surface area (Å²) in [6.07, 6.45) is -0.336. The maximum absolute atomic E-state index is 13.0. The van der Waals surface area contributed by atoms with Gasteiger partial charge in [0.25, 0.3) is 0 Å². The first-order valence-electron chi connectivity index (χ1n) is 8.51. The topological polar surface area (TPSA) is 53.1 Å². The average molecular weight is 349 g/mol. The van der Waals surface area contributed by atoms with E-state index in [0.717, 1.165) is 5.56 Å². The van der Waals surface area contributed by atoms with E-state index in [4.69, 9.17) is 4.74 Å². The Morgan fingerprint density at radius 1 is 1.20 bits per heavy atom. The van der Waals surface area contributed by atoms with Crippen LogP contribution in [0.1, 0.15) is 26.3 Å². The molecule has 0 bridgehead atoms. The fraction of sp³-hybridized carbons (Fsp3) is 0.556. The summed E-state index contributed by atoms with van der Waals surface area (Å²) in [6, 6.07) is 6.10. The maximum Gasteiger partial charge on any atom is 0.410 e. The molecule has 2 heterocycles. The lowest BCUT2D eigenvalue weighted by molar-refractivity contribution is 0.0127. The summed E-state index contributed by atoms with van der Waals surface area (Å²) in [7, 11) is 0. The smallest absolute Gasteiger partial charge is 0.410 e. The minimum atomic E-state index is -0.533. The number of ether oxygens (including phenoxy) is 1. The van der Waals surface area contributed by atoms with Crippen molar-refractivity contribution in [2.75, 3.05) is 26.2 Å². The number of amides is 3. The zero-order valence-corrected chi connectivity index (χ0v) is 14.9. The van der Waals surface area contributed by atoms with Gasteiger partial charge in [0.1, 0.15) is 11.4 Å². The molecule has 0 aromatic heterocycles. The summed E-state index contributed by atoms with van der Waals surface area (Å²) in [4.78, 5) is 30.0. The highest BCUT2D eigenvalue weighted by molar-refractivity contribution is 5.78. The second-order valence-corrected chi connectivity index (χ2v) is 7.56. The van der Waals surface area contributed by atoms with Gasteiger partial charge in [-0.3, -0.25) is 0 Å². The first-order valence-corrected chi connectivity index (χ1v) is 8.51. The number of benzene rings is 1. The van der Waals surface area contributed by atoms with Crippen molar-refractivity contribution in [2.24, 2.45) is 0 Å². The van der Waals surface area contributed by atoms with E-state index in [0.29, 0.717) is 32.7 Å². The quantitative estimate of drug-likeness (QED) is 0.825. The fourth-order valence-electron chi connectivity index (χ4n) is 3.21. The number of halogens is 1. The summed E-state index contributed by atoms with van der Waals surface area (Å²) in [5, 5.41) is 0. The highest BCUT2D eigenvalue weighted by Crippen LogP contribution is 2.23. The van der Waals surface area contributed by atoms with Crippen LogP contribution in [0.15, 0.2) is 24.3 Å². The van der Waals surface area contributed by atoms with Crippen LogP contribution in [0.2, 0.25) is 0 Å². The highest BCUT2D eigenvalue weighted by Gasteiger charge is 2.42. The van der Waals surface area contributed by atoms with Crippen molar-refractivity contribution >= 4 is 12.1 Å². The molecule has 2 aliphatic heterocycles. The van der Waals surface area contributed by atoms with Gasteiger partial charge in [0, 0.05) is 32.7 Å². The second-order valence-electron chi connectivity index (χ2n) is 7.56. The predicted octanol–water partition coefficient (Wildman–Crippen LogP) is 2.68. The zero-order chi connectivity index (χ0) is 18.2. The van der Waals surface area contributed by atoms with Gasteiger partial charge >= 0.3 is 12.1 Å². The molecule has 3 amide bonds. The second kappa shape index (κ2) is 6.54. The number of carbonyl (C=O) groups excluding carboxylic acids is 2. The number of fused-ring (bicyclic) bond motifs is 1. The molecular formula is C18H24FN3O3. The van der Waals surface area contributed by atoms with E-state index in [1.165, 1.54) is 12.1 Å². The molecule has 2 saturated heterocycles. The molecule has 7 heteroatoms. The summed E-state index contributed by atoms with van der Waals surface area (Å²) in [5.74, 6) is -0.290. The number of hydrogen-bond acceptors (Lipinski definition) is 3. The lowest BCUT2D eigenvalue weighted by atomic mass is 10.2. The minimum Gasteiger partial charge on any atom is -0.444 e. The highest BCUT2D eigenvalue weighted by atomic mass is 19.1. The van der Waals surface area contributed by atoms with E-state index in [2.05, 4.69) is 0 Å². The van der Waals surface area contributed by atoms with Gasteiger partial charge in [0.15, 0.2) is 0 Å². The Bertz CT molecular complexity index is 657. The molecular weight excluding hydrogens is 325 g/mol. The van der Waals surface area contributed by atoms with Gasteiger partial charge in [-0.2, -0.15) is 0 Å². The third-order valence-corrected chi connectivity index (χ3v) is 4.37. The predicted molar refractivity (Wildman–Crippen MR) is 90.5 cm³/mol. The lowest BCUT2D eigenvalue weighted by Gasteiger charge is -2.37. The van der Waals surface area contributed by atoms with E-state index in [9.17, 15) is 14.0 Å². The third kappa shape index (κ3) is 4.03. The zero-order valence-electron chi connectivity index (χ0n) is 14.9. The normalized spacial score (nSPS) is 20.7. The van der Waals surface area contributed by atoms with Gasteiger partial charge in [-0.05, 0) is 38.5 Å². The first kappa shape index (κ1) is 17.5. The van der Waals surface area contributed by atoms with E-state index < -0.39 is 5.60 Å². The molecule has 3 rings (SSSR count). The Hall–Kier alpha value is -2.31. The molecule has 2 aliphatic rings. The van der Waals surface area contributed by atoms with Gasteiger partial charge in [0.2, 0.25) is 0 Å². The summed E-state index contributed by atoms with van der Waals surface area (Å²) in [6.45, 7) is 7.96. The molecule has 0 saturated carbocycles. The van der Waals surface area contributed by atoms with Crippen molar-refractivity contribution in [1.29, 1.82) is 0 Å². The SMILES string of the molecule is CC(C)(C)OC(=O)N1CCN2C(=O)N(Cc3ccc(F)cc3)CC2C1. The fourth-order valence-corrected chi connectivity index (χ4v) is 3.21. The van der Waals surface area contributed by atoms with Crippen LogP contribution in [-0.2, 0) is 11.3 Å². The van der Waals surface area contributed by atoms with Gasteiger partial charge in [-0.1, -0.05) is 12.1 Å². The number of hydrogen-bond donors (Lipinski definition) is 0. The van der Waals surface area contributed by atoms with Gasteiger partial charge < -0.3 is 19.4 Å². The van der Waals surface area contributed by atoms with Crippen LogP contribution in [0.5, 0.6) is 0 Å². The maximum atomic E-state index is 13.0. The van der Waals surface area contributed by atoms with Crippen LogP contribution >= 0.6 is 0 Å². The van der Waals surface area contributed by atoms with E-state index in [1.54, 1.807) is 21.9 Å². The molecule has 2 fully saturated rings. The van der Waals surface area contributed by atoms with Crippen molar-refractivity contribution in [3.05, 3.63) is 35.6 Å². The number of rotatable bonds is 2. The molecule has 1 atom stereocenters. The van der Waals surface area contributed by atoms with Crippen LogP contribution in [0.25, 0.3) is 0 Å². The molecule has 25 heavy (non-hydrogen) atoms. The van der Waals surface area contributed by atoms with Crippen molar-refractivity contribution in [3.63, 3.8) is 0 Å². The molecule has 1 unspecified atom stereocenters. The van der Waals surface area contributed by atoms with Crippen molar-refractivity contribution in [2.45, 2.75) is 39.0 Å². The number of piperazine rings is 1. The average Bonchev–Trinajstić information content (AvgIpc) is 2.83. The van der Waals surface area contributed by atoms with E-state index in [1.807, 2.05) is 25.7 Å². The van der Waals surface area contributed by atoms with E-state index >= 15 is 0 Å². The standard InChI is InChI=1S/C18H24FN3O3/c1-18(2,3)25-17(24)20-8-9-22-15(11-20)12-21(16(22)23)10-13-4-6-14(19)7-5-13/h4-7,15H,8-12H2,1-3H3. The first-order chi connectivity index (χ1) is 11.7. The summed E-state index contributed by atoms with van der Waals surface area (Å²) >= 11 is 0. The lowest BCUT2D eigenvalue weighted by Crippen LogP contribution is -2.54. The largest absolute Gasteiger partial charge is 0.444 e. The van der Waals surface area contributed by atoms with Crippen molar-refractivity contribution in [1.82, 2.24) is 14.7 Å². The van der Waals surface area contributed by atoms with Gasteiger partial charge in [0.05, 0.1) is 6.04 Å². The molecule has 136 valence electrons. The Balaban J connectivity index is 1.62. The monoisotopic (exact) mass is 349 g/mol. The molecule has 0 N–H and O–H groups in total. The van der Waals surface area contributed by atoms with Crippen LogP contribution < -0.4 is 0 Å². The number of urea groups is 1. The van der Waals surface area contributed by atoms with Crippen LogP contribution in [0, 0.1) is 5.82 Å². The molecule has 1 aromatic carbocycles. The van der Waals surface area contributed by atoms with Gasteiger partial charge in [-0.25, -0.2) is 14.0 Å². The number of carbonyl (C=O) groups is 2. The molecule has 1 aromatic rings. The molecule has 0 radical (unpaired) electrons. The van der Waals surface area contributed by atoms with Crippen molar-refractivity contribution in [3.8, 4) is 0 Å². The Labute approximate surface area is 147 Å². The Kier molecular flexibility index (Phi) is 4.58. The molecule has 0 spiro atoms. The molecule has 0 aliphatic carbocycles. The van der Waals surface area contributed by atoms with Crippen molar-refractivity contribution < 1.29 is 18.7 Å². The summed E-state index contributed by atoms with van der Waals surface area (Å²) in [5.41, 5.74) is 0.354. The molecule has 6 nitrogen and oxygen atoms in total. The summed E-state index contributed by atoms with van der Waals surface area (Å²) < 4.78 is 18.4.